The van der Waals surface area contributed by atoms with E-state index in [0.717, 1.165) is 34.8 Å². The highest BCUT2D eigenvalue weighted by Crippen LogP contribution is 2.43. The fourth-order valence-electron chi connectivity index (χ4n) is 4.17. The molecular formula is C17H24INO4. The molecule has 128 valence electrons. The number of esters is 1. The minimum atomic E-state index is -0.256. The topological polar surface area (TPSA) is 48.0 Å². The van der Waals surface area contributed by atoms with E-state index in [1.807, 2.05) is 0 Å². The highest BCUT2D eigenvalue weighted by Gasteiger charge is 2.50. The van der Waals surface area contributed by atoms with Crippen molar-refractivity contribution >= 4 is 28.6 Å². The van der Waals surface area contributed by atoms with Crippen molar-refractivity contribution in [2.45, 2.75) is 63.1 Å². The van der Waals surface area contributed by atoms with Gasteiger partial charge in [0.15, 0.2) is 6.29 Å². The van der Waals surface area contributed by atoms with Crippen LogP contribution in [0.2, 0.25) is 0 Å². The summed E-state index contributed by atoms with van der Waals surface area (Å²) in [4.78, 5) is 14.3. The van der Waals surface area contributed by atoms with Gasteiger partial charge in [0.05, 0.1) is 12.1 Å². The Bertz CT molecular complexity index is 529. The minimum Gasteiger partial charge on any atom is -0.453 e. The quantitative estimate of drug-likeness (QED) is 0.379. The van der Waals surface area contributed by atoms with Crippen LogP contribution in [0.15, 0.2) is 21.3 Å². The molecule has 0 aliphatic carbocycles. The van der Waals surface area contributed by atoms with E-state index >= 15 is 0 Å². The molecule has 0 saturated carbocycles. The van der Waals surface area contributed by atoms with Crippen LogP contribution in [0.1, 0.15) is 32.6 Å². The first-order valence-corrected chi connectivity index (χ1v) is 9.31. The lowest BCUT2D eigenvalue weighted by molar-refractivity contribution is -0.154. The Morgan fingerprint density at radius 2 is 2.13 bits per heavy atom. The van der Waals surface area contributed by atoms with Crippen LogP contribution in [0.4, 0.5) is 0 Å². The molecule has 6 heteroatoms. The van der Waals surface area contributed by atoms with E-state index in [0.29, 0.717) is 6.04 Å². The Hall–Kier alpha value is -0.440. The standard InChI is InChI=1S/C17H24INO4/c1-4-5-10-8-12(18)11-9-15(20)23-16(11)13-6-7-14(19(10)13)17(21-2)22-3/h8-10,13-14,16-17H,4-7H2,1-3H3/t10-,13+,14?,16?/m0/s1. The van der Waals surface area contributed by atoms with E-state index in [2.05, 4.69) is 40.5 Å². The zero-order valence-corrected chi connectivity index (χ0v) is 16.0. The largest absolute Gasteiger partial charge is 0.453 e. The first-order chi connectivity index (χ1) is 11.1. The molecule has 0 N–H and O–H groups in total. The Kier molecular flexibility index (Phi) is 5.45. The maximum absolute atomic E-state index is 11.8. The van der Waals surface area contributed by atoms with Gasteiger partial charge in [0.1, 0.15) is 6.10 Å². The van der Waals surface area contributed by atoms with Crippen LogP contribution in [0.5, 0.6) is 0 Å². The van der Waals surface area contributed by atoms with Crippen molar-refractivity contribution in [1.29, 1.82) is 0 Å². The molecule has 0 spiro atoms. The third-order valence-electron chi connectivity index (χ3n) is 5.06. The second kappa shape index (κ2) is 7.21. The summed E-state index contributed by atoms with van der Waals surface area (Å²) in [5.74, 6) is -0.222. The summed E-state index contributed by atoms with van der Waals surface area (Å²) in [6.07, 6.45) is 7.69. The van der Waals surface area contributed by atoms with E-state index < -0.39 is 0 Å². The third kappa shape index (κ3) is 3.10. The van der Waals surface area contributed by atoms with Crippen LogP contribution in [0.3, 0.4) is 0 Å². The SMILES string of the molecule is CCC[C@H]1C=C(I)C2=CC(=O)OC2[C@H]2CCC(C(OC)OC)N12. The zero-order chi connectivity index (χ0) is 16.6. The van der Waals surface area contributed by atoms with Crippen LogP contribution in [-0.2, 0) is 19.0 Å². The van der Waals surface area contributed by atoms with E-state index in [-0.39, 0.29) is 30.4 Å². The van der Waals surface area contributed by atoms with Gasteiger partial charge in [0.2, 0.25) is 0 Å². The number of methoxy groups -OCH3 is 2. The molecule has 23 heavy (non-hydrogen) atoms. The van der Waals surface area contributed by atoms with E-state index in [1.165, 1.54) is 0 Å². The molecule has 1 saturated heterocycles. The lowest BCUT2D eigenvalue weighted by Crippen LogP contribution is -2.52. The van der Waals surface area contributed by atoms with E-state index in [9.17, 15) is 4.79 Å². The van der Waals surface area contributed by atoms with Crippen molar-refractivity contribution in [3.05, 3.63) is 21.3 Å². The van der Waals surface area contributed by atoms with Crippen molar-refractivity contribution in [3.63, 3.8) is 0 Å². The Morgan fingerprint density at radius 3 is 2.78 bits per heavy atom. The molecule has 0 aromatic heterocycles. The Balaban J connectivity index is 1.98. The van der Waals surface area contributed by atoms with Crippen molar-refractivity contribution < 1.29 is 19.0 Å². The molecule has 3 rings (SSSR count). The first-order valence-electron chi connectivity index (χ1n) is 8.23. The Labute approximate surface area is 151 Å². The van der Waals surface area contributed by atoms with Gasteiger partial charge in [-0.05, 0) is 41.9 Å². The van der Waals surface area contributed by atoms with Crippen molar-refractivity contribution in [2.75, 3.05) is 14.2 Å². The molecule has 0 amide bonds. The fraction of sp³-hybridized carbons (Fsp3) is 0.706. The molecule has 3 heterocycles. The number of hydrogen-bond acceptors (Lipinski definition) is 5. The average Bonchev–Trinajstić information content (AvgIpc) is 3.09. The lowest BCUT2D eigenvalue weighted by atomic mass is 10.0. The molecule has 5 nitrogen and oxygen atoms in total. The number of nitrogens with zero attached hydrogens (tertiary/aromatic N) is 1. The van der Waals surface area contributed by atoms with E-state index in [4.69, 9.17) is 14.2 Å². The van der Waals surface area contributed by atoms with Gasteiger partial charge in [-0.2, -0.15) is 0 Å². The van der Waals surface area contributed by atoms with Crippen molar-refractivity contribution in [1.82, 2.24) is 4.90 Å². The van der Waals surface area contributed by atoms with Gasteiger partial charge < -0.3 is 14.2 Å². The number of fused-ring (bicyclic) bond motifs is 3. The number of carbonyl (C=O) groups excluding carboxylic acids is 1. The van der Waals surface area contributed by atoms with Crippen LogP contribution >= 0.6 is 22.6 Å². The summed E-state index contributed by atoms with van der Waals surface area (Å²) in [6, 6.07) is 0.707. The molecule has 0 aromatic rings. The molecule has 0 bridgehead atoms. The Morgan fingerprint density at radius 1 is 1.39 bits per heavy atom. The highest BCUT2D eigenvalue weighted by molar-refractivity contribution is 14.1. The van der Waals surface area contributed by atoms with E-state index in [1.54, 1.807) is 20.3 Å². The van der Waals surface area contributed by atoms with Gasteiger partial charge >= 0.3 is 5.97 Å². The molecule has 1 fully saturated rings. The zero-order valence-electron chi connectivity index (χ0n) is 13.8. The number of rotatable bonds is 5. The van der Waals surface area contributed by atoms with Crippen LogP contribution in [0.25, 0.3) is 0 Å². The van der Waals surface area contributed by atoms with Crippen LogP contribution in [0, 0.1) is 0 Å². The van der Waals surface area contributed by atoms with Gasteiger partial charge in [-0.15, -0.1) is 0 Å². The normalized spacial score (nSPS) is 33.9. The van der Waals surface area contributed by atoms with Gasteiger partial charge in [-0.25, -0.2) is 4.79 Å². The summed E-state index contributed by atoms with van der Waals surface area (Å²) < 4.78 is 17.9. The summed E-state index contributed by atoms with van der Waals surface area (Å²) in [6.45, 7) is 2.20. The summed E-state index contributed by atoms with van der Waals surface area (Å²) in [5.41, 5.74) is 1.04. The number of ether oxygens (including phenoxy) is 3. The fourth-order valence-corrected chi connectivity index (χ4v) is 5.05. The van der Waals surface area contributed by atoms with Gasteiger partial charge in [-0.3, -0.25) is 4.90 Å². The lowest BCUT2D eigenvalue weighted by Gasteiger charge is -2.38. The minimum absolute atomic E-state index is 0.160. The molecule has 2 unspecified atom stereocenters. The molecule has 3 aliphatic heterocycles. The monoisotopic (exact) mass is 433 g/mol. The summed E-state index contributed by atoms with van der Waals surface area (Å²) >= 11 is 2.34. The third-order valence-corrected chi connectivity index (χ3v) is 6.04. The van der Waals surface area contributed by atoms with Crippen molar-refractivity contribution in [3.8, 4) is 0 Å². The summed E-state index contributed by atoms with van der Waals surface area (Å²) in [7, 11) is 3.38. The molecule has 4 atom stereocenters. The first kappa shape index (κ1) is 17.4. The number of carbonyl (C=O) groups is 1. The predicted octanol–water partition coefficient (Wildman–Crippen LogP) is 2.79. The molecule has 0 aromatic carbocycles. The highest BCUT2D eigenvalue weighted by atomic mass is 127. The maximum atomic E-state index is 11.8. The molecule has 0 radical (unpaired) electrons. The van der Waals surface area contributed by atoms with Gasteiger partial charge in [0.25, 0.3) is 0 Å². The summed E-state index contributed by atoms with van der Waals surface area (Å²) in [5, 5.41) is 0. The number of halogens is 1. The average molecular weight is 433 g/mol. The van der Waals surface area contributed by atoms with Crippen LogP contribution in [-0.4, -0.2) is 55.6 Å². The van der Waals surface area contributed by atoms with Crippen LogP contribution < -0.4 is 0 Å². The van der Waals surface area contributed by atoms with Gasteiger partial charge in [-0.1, -0.05) is 19.4 Å². The predicted molar refractivity (Wildman–Crippen MR) is 95.2 cm³/mol. The smallest absolute Gasteiger partial charge is 0.331 e. The maximum Gasteiger partial charge on any atom is 0.331 e. The van der Waals surface area contributed by atoms with Crippen molar-refractivity contribution in [2.24, 2.45) is 0 Å². The molecule has 3 aliphatic rings. The second-order valence-corrected chi connectivity index (χ2v) is 7.49. The molecular weight excluding hydrogens is 409 g/mol. The number of hydrogen-bond donors (Lipinski definition) is 0. The van der Waals surface area contributed by atoms with Gasteiger partial charge in [0, 0.05) is 35.5 Å². The second-order valence-electron chi connectivity index (χ2n) is 6.33.